The lowest BCUT2D eigenvalue weighted by Crippen LogP contribution is -2.43. The number of benzene rings is 1. The summed E-state index contributed by atoms with van der Waals surface area (Å²) >= 11 is 0. The van der Waals surface area contributed by atoms with Crippen LogP contribution in [0.25, 0.3) is 0 Å². The van der Waals surface area contributed by atoms with Gasteiger partial charge in [0.25, 0.3) is 0 Å². The molecule has 2 saturated carbocycles. The Morgan fingerprint density at radius 1 is 1.21 bits per heavy atom. The van der Waals surface area contributed by atoms with Gasteiger partial charge in [-0.15, -0.1) is 0 Å². The van der Waals surface area contributed by atoms with Gasteiger partial charge in [-0.3, -0.25) is 9.69 Å². The number of carbonyl (C=O) groups is 1. The summed E-state index contributed by atoms with van der Waals surface area (Å²) in [7, 11) is 3.59. The smallest absolute Gasteiger partial charge is 0.234 e. The fraction of sp³-hybridized carbons (Fsp3) is 0.632. The van der Waals surface area contributed by atoms with Gasteiger partial charge in [-0.25, -0.2) is 0 Å². The molecule has 0 unspecified atom stereocenters. The third-order valence-corrected chi connectivity index (χ3v) is 4.80. The lowest BCUT2D eigenvalue weighted by Gasteiger charge is -2.21. The number of likely N-dealkylation sites (N-methyl/N-ethyl adjacent to an activating group) is 1. The zero-order valence-corrected chi connectivity index (χ0v) is 14.7. The molecular weight excluding hydrogens is 304 g/mol. The molecule has 0 aromatic heterocycles. The van der Waals surface area contributed by atoms with Gasteiger partial charge in [-0.2, -0.15) is 0 Å². The molecule has 24 heavy (non-hydrogen) atoms. The molecule has 0 radical (unpaired) electrons. The van der Waals surface area contributed by atoms with E-state index in [1.165, 1.54) is 25.7 Å². The van der Waals surface area contributed by atoms with Gasteiger partial charge in [-0.1, -0.05) is 12.1 Å². The minimum absolute atomic E-state index is 0.138. The van der Waals surface area contributed by atoms with Gasteiger partial charge in [0.2, 0.25) is 5.91 Å². The van der Waals surface area contributed by atoms with E-state index in [4.69, 9.17) is 9.47 Å². The van der Waals surface area contributed by atoms with Crippen LogP contribution in [-0.4, -0.2) is 50.7 Å². The van der Waals surface area contributed by atoms with Crippen molar-refractivity contribution in [2.45, 2.75) is 31.7 Å². The van der Waals surface area contributed by atoms with E-state index in [1.807, 2.05) is 36.2 Å². The van der Waals surface area contributed by atoms with Crippen LogP contribution in [0.3, 0.4) is 0 Å². The molecule has 5 heteroatoms. The van der Waals surface area contributed by atoms with E-state index in [2.05, 4.69) is 5.32 Å². The summed E-state index contributed by atoms with van der Waals surface area (Å²) in [6, 6.07) is 8.03. The highest BCUT2D eigenvalue weighted by Crippen LogP contribution is 2.44. The van der Waals surface area contributed by atoms with Gasteiger partial charge in [0.1, 0.15) is 6.61 Å². The highest BCUT2D eigenvalue weighted by molar-refractivity contribution is 5.78. The zero-order valence-electron chi connectivity index (χ0n) is 14.7. The molecule has 1 amide bonds. The van der Waals surface area contributed by atoms with Gasteiger partial charge in [-0.05, 0) is 56.7 Å². The number of amides is 1. The van der Waals surface area contributed by atoms with E-state index in [0.717, 1.165) is 23.3 Å². The molecule has 1 N–H and O–H groups in total. The Hall–Kier alpha value is -1.75. The Labute approximate surface area is 144 Å². The van der Waals surface area contributed by atoms with Crippen LogP contribution >= 0.6 is 0 Å². The van der Waals surface area contributed by atoms with Gasteiger partial charge in [0.15, 0.2) is 11.5 Å². The predicted molar refractivity (Wildman–Crippen MR) is 93.4 cm³/mol. The number of ether oxygens (including phenoxy) is 2. The molecule has 1 aromatic carbocycles. The highest BCUT2D eigenvalue weighted by atomic mass is 16.5. The topological polar surface area (TPSA) is 50.8 Å². The Morgan fingerprint density at radius 3 is 2.42 bits per heavy atom. The normalized spacial score (nSPS) is 17.2. The van der Waals surface area contributed by atoms with Gasteiger partial charge >= 0.3 is 0 Å². The molecule has 0 saturated heterocycles. The maximum atomic E-state index is 12.2. The summed E-state index contributed by atoms with van der Waals surface area (Å²) in [5.41, 5.74) is 0. The lowest BCUT2D eigenvalue weighted by molar-refractivity contribution is -0.123. The summed E-state index contributed by atoms with van der Waals surface area (Å²) in [4.78, 5) is 14.2. The van der Waals surface area contributed by atoms with Crippen molar-refractivity contribution in [2.75, 3.05) is 33.9 Å². The van der Waals surface area contributed by atoms with Crippen molar-refractivity contribution in [3.63, 3.8) is 0 Å². The van der Waals surface area contributed by atoms with Gasteiger partial charge in [0.05, 0.1) is 13.7 Å². The Balaban J connectivity index is 1.37. The SMILES string of the molecule is COc1ccccc1OCCN(C)CC(=O)NC(C1CC1)C1CC1. The number of carbonyl (C=O) groups excluding carboxylic acids is 1. The quantitative estimate of drug-likeness (QED) is 0.714. The summed E-state index contributed by atoms with van der Waals surface area (Å²) in [6.07, 6.45) is 5.13. The predicted octanol–water partition coefficient (Wildman–Crippen LogP) is 2.31. The van der Waals surface area contributed by atoms with Crippen LogP contribution in [0.5, 0.6) is 11.5 Å². The molecule has 0 atom stereocenters. The van der Waals surface area contributed by atoms with Crippen LogP contribution in [0.1, 0.15) is 25.7 Å². The average Bonchev–Trinajstić information content (AvgIpc) is 3.47. The summed E-state index contributed by atoms with van der Waals surface area (Å²) in [5, 5.41) is 3.26. The molecule has 0 heterocycles. The van der Waals surface area contributed by atoms with E-state index in [1.54, 1.807) is 7.11 Å². The minimum atomic E-state index is 0.138. The van der Waals surface area contributed by atoms with Crippen molar-refractivity contribution in [2.24, 2.45) is 11.8 Å². The van der Waals surface area contributed by atoms with Crippen molar-refractivity contribution in [1.29, 1.82) is 0 Å². The number of nitrogens with zero attached hydrogens (tertiary/aromatic N) is 1. The number of hydrogen-bond acceptors (Lipinski definition) is 4. The standard InChI is InChI=1S/C19H28N2O3/c1-21(11-12-24-17-6-4-3-5-16(17)23-2)13-18(22)20-19(14-7-8-14)15-9-10-15/h3-6,14-15,19H,7-13H2,1-2H3,(H,20,22). The van der Waals surface area contributed by atoms with Crippen molar-refractivity contribution in [3.8, 4) is 11.5 Å². The zero-order chi connectivity index (χ0) is 16.9. The van der Waals surface area contributed by atoms with Crippen LogP contribution in [0, 0.1) is 11.8 Å². The second kappa shape index (κ2) is 7.88. The second-order valence-electron chi connectivity index (χ2n) is 7.01. The number of nitrogens with one attached hydrogen (secondary N) is 1. The van der Waals surface area contributed by atoms with Crippen LogP contribution in [0.2, 0.25) is 0 Å². The van der Waals surface area contributed by atoms with E-state index in [0.29, 0.717) is 25.7 Å². The molecular formula is C19H28N2O3. The first-order valence-corrected chi connectivity index (χ1v) is 8.91. The van der Waals surface area contributed by atoms with E-state index in [9.17, 15) is 4.79 Å². The Morgan fingerprint density at radius 2 is 1.83 bits per heavy atom. The van der Waals surface area contributed by atoms with Gasteiger partial charge < -0.3 is 14.8 Å². The molecule has 2 aliphatic carbocycles. The maximum Gasteiger partial charge on any atom is 0.234 e. The third-order valence-electron chi connectivity index (χ3n) is 4.80. The van der Waals surface area contributed by atoms with Crippen LogP contribution in [0.15, 0.2) is 24.3 Å². The number of methoxy groups -OCH3 is 1. The van der Waals surface area contributed by atoms with E-state index >= 15 is 0 Å². The minimum Gasteiger partial charge on any atom is -0.493 e. The molecule has 0 bridgehead atoms. The van der Waals surface area contributed by atoms with Crippen LogP contribution in [-0.2, 0) is 4.79 Å². The Bertz CT molecular complexity index is 543. The third kappa shape index (κ3) is 4.87. The first-order chi connectivity index (χ1) is 11.7. The molecule has 0 aliphatic heterocycles. The summed E-state index contributed by atoms with van der Waals surface area (Å²) in [6.45, 7) is 1.65. The molecule has 1 aromatic rings. The number of para-hydroxylation sites is 2. The molecule has 5 nitrogen and oxygen atoms in total. The summed E-state index contributed by atoms with van der Waals surface area (Å²) < 4.78 is 11.0. The average molecular weight is 332 g/mol. The fourth-order valence-corrected chi connectivity index (χ4v) is 3.14. The van der Waals surface area contributed by atoms with E-state index < -0.39 is 0 Å². The van der Waals surface area contributed by atoms with Crippen molar-refractivity contribution < 1.29 is 14.3 Å². The number of hydrogen-bond donors (Lipinski definition) is 1. The van der Waals surface area contributed by atoms with E-state index in [-0.39, 0.29) is 5.91 Å². The lowest BCUT2D eigenvalue weighted by atomic mass is 10.1. The molecule has 2 fully saturated rings. The first-order valence-electron chi connectivity index (χ1n) is 8.91. The van der Waals surface area contributed by atoms with Crippen molar-refractivity contribution >= 4 is 5.91 Å². The fourth-order valence-electron chi connectivity index (χ4n) is 3.14. The molecule has 0 spiro atoms. The van der Waals surface area contributed by atoms with Crippen LogP contribution < -0.4 is 14.8 Å². The largest absolute Gasteiger partial charge is 0.493 e. The Kier molecular flexibility index (Phi) is 5.61. The first kappa shape index (κ1) is 17.1. The maximum absolute atomic E-state index is 12.2. The van der Waals surface area contributed by atoms with Crippen molar-refractivity contribution in [3.05, 3.63) is 24.3 Å². The van der Waals surface area contributed by atoms with Crippen molar-refractivity contribution in [1.82, 2.24) is 10.2 Å². The monoisotopic (exact) mass is 332 g/mol. The number of rotatable bonds is 10. The molecule has 2 aliphatic rings. The molecule has 132 valence electrons. The molecule has 3 rings (SSSR count). The van der Waals surface area contributed by atoms with Crippen LogP contribution in [0.4, 0.5) is 0 Å². The van der Waals surface area contributed by atoms with Gasteiger partial charge in [0, 0.05) is 12.6 Å². The summed E-state index contributed by atoms with van der Waals surface area (Å²) in [5.74, 6) is 3.08. The second-order valence-corrected chi connectivity index (χ2v) is 7.01. The highest BCUT2D eigenvalue weighted by Gasteiger charge is 2.42.